The van der Waals surface area contributed by atoms with Crippen molar-refractivity contribution >= 4 is 17.6 Å². The highest BCUT2D eigenvalue weighted by atomic mass is 19.1. The Morgan fingerprint density at radius 1 is 1.44 bits per heavy atom. The van der Waals surface area contributed by atoms with Gasteiger partial charge < -0.3 is 15.2 Å². The molecular formula is C12H14FNO4. The van der Waals surface area contributed by atoms with Gasteiger partial charge in [0.1, 0.15) is 12.4 Å². The Labute approximate surface area is 104 Å². The van der Waals surface area contributed by atoms with Gasteiger partial charge in [0.2, 0.25) is 5.91 Å². The molecule has 0 aliphatic heterocycles. The zero-order valence-corrected chi connectivity index (χ0v) is 9.90. The number of nitrogens with one attached hydrogen (secondary N) is 1. The Balaban J connectivity index is 2.68. The van der Waals surface area contributed by atoms with Crippen LogP contribution in [0.3, 0.4) is 0 Å². The molecule has 6 heteroatoms. The summed E-state index contributed by atoms with van der Waals surface area (Å²) in [6.07, 6.45) is 0.774. The lowest BCUT2D eigenvalue weighted by Crippen LogP contribution is -2.19. The van der Waals surface area contributed by atoms with Gasteiger partial charge in [0.25, 0.3) is 0 Å². The molecule has 0 aliphatic rings. The van der Waals surface area contributed by atoms with Crippen molar-refractivity contribution in [3.8, 4) is 0 Å². The highest BCUT2D eigenvalue weighted by molar-refractivity contribution is 5.94. The van der Waals surface area contributed by atoms with Crippen molar-refractivity contribution in [2.45, 2.75) is 13.3 Å². The molecule has 5 nitrogen and oxygen atoms in total. The van der Waals surface area contributed by atoms with Crippen LogP contribution in [-0.4, -0.2) is 30.2 Å². The second-order valence-corrected chi connectivity index (χ2v) is 3.60. The molecule has 0 unspecified atom stereocenters. The molecule has 1 aromatic carbocycles. The molecule has 0 heterocycles. The second-order valence-electron chi connectivity index (χ2n) is 3.60. The minimum Gasteiger partial charge on any atom is -0.478 e. The van der Waals surface area contributed by atoms with Gasteiger partial charge >= 0.3 is 5.97 Å². The van der Waals surface area contributed by atoms with Crippen LogP contribution in [0, 0.1) is 5.82 Å². The number of aromatic carboxylic acids is 1. The normalized spacial score (nSPS) is 10.1. The monoisotopic (exact) mass is 255 g/mol. The second kappa shape index (κ2) is 6.70. The van der Waals surface area contributed by atoms with E-state index >= 15 is 0 Å². The van der Waals surface area contributed by atoms with E-state index < -0.39 is 17.7 Å². The molecular weight excluding hydrogens is 241 g/mol. The molecule has 18 heavy (non-hydrogen) atoms. The average Bonchev–Trinajstić information content (AvgIpc) is 2.32. The van der Waals surface area contributed by atoms with Gasteiger partial charge in [-0.1, -0.05) is 6.92 Å². The molecule has 0 saturated heterocycles. The summed E-state index contributed by atoms with van der Waals surface area (Å²) >= 11 is 0. The number of carbonyl (C=O) groups excluding carboxylic acids is 1. The van der Waals surface area contributed by atoms with Crippen LogP contribution < -0.4 is 5.32 Å². The zero-order chi connectivity index (χ0) is 13.5. The van der Waals surface area contributed by atoms with E-state index in [2.05, 4.69) is 5.32 Å². The maximum Gasteiger partial charge on any atom is 0.335 e. The van der Waals surface area contributed by atoms with E-state index in [1.165, 1.54) is 0 Å². The zero-order valence-electron chi connectivity index (χ0n) is 9.90. The summed E-state index contributed by atoms with van der Waals surface area (Å²) in [6, 6.07) is 3.18. The molecule has 0 aromatic heterocycles. The highest BCUT2D eigenvalue weighted by Crippen LogP contribution is 2.16. The van der Waals surface area contributed by atoms with Crippen molar-refractivity contribution in [2.75, 3.05) is 18.5 Å². The molecule has 0 aliphatic carbocycles. The van der Waals surface area contributed by atoms with E-state index in [4.69, 9.17) is 9.84 Å². The standard InChI is InChI=1S/C12H14FNO4/c1-2-5-18-7-11(15)14-10-6-8(12(16)17)3-4-9(10)13/h3-4,6H,2,5,7H2,1H3,(H,14,15)(H,16,17). The fourth-order valence-corrected chi connectivity index (χ4v) is 1.25. The van der Waals surface area contributed by atoms with Crippen LogP contribution in [0.5, 0.6) is 0 Å². The lowest BCUT2D eigenvalue weighted by Gasteiger charge is -2.07. The summed E-state index contributed by atoms with van der Waals surface area (Å²) in [6.45, 7) is 2.14. The molecule has 1 amide bonds. The third-order valence-electron chi connectivity index (χ3n) is 2.07. The Kier molecular flexibility index (Phi) is 5.26. The van der Waals surface area contributed by atoms with E-state index in [9.17, 15) is 14.0 Å². The first kappa shape index (κ1) is 14.1. The predicted molar refractivity (Wildman–Crippen MR) is 63.1 cm³/mol. The van der Waals surface area contributed by atoms with Gasteiger partial charge in [-0.05, 0) is 24.6 Å². The van der Waals surface area contributed by atoms with Crippen LogP contribution in [0.2, 0.25) is 0 Å². The average molecular weight is 255 g/mol. The van der Waals surface area contributed by atoms with Crippen molar-refractivity contribution in [1.29, 1.82) is 0 Å². The van der Waals surface area contributed by atoms with E-state index in [-0.39, 0.29) is 17.9 Å². The minimum atomic E-state index is -1.19. The molecule has 0 atom stereocenters. The van der Waals surface area contributed by atoms with Crippen LogP contribution in [0.4, 0.5) is 10.1 Å². The van der Waals surface area contributed by atoms with Crippen molar-refractivity contribution in [1.82, 2.24) is 0 Å². The third kappa shape index (κ3) is 4.14. The summed E-state index contributed by atoms with van der Waals surface area (Å²) in [5.41, 5.74) is -0.263. The molecule has 0 radical (unpaired) electrons. The first-order valence-electron chi connectivity index (χ1n) is 5.45. The topological polar surface area (TPSA) is 75.6 Å². The molecule has 1 rings (SSSR count). The van der Waals surface area contributed by atoms with Gasteiger partial charge in [-0.25, -0.2) is 9.18 Å². The summed E-state index contributed by atoms with van der Waals surface area (Å²) in [7, 11) is 0. The first-order valence-corrected chi connectivity index (χ1v) is 5.45. The number of carbonyl (C=O) groups is 2. The molecule has 2 N–H and O–H groups in total. The third-order valence-corrected chi connectivity index (χ3v) is 2.07. The van der Waals surface area contributed by atoms with E-state index in [0.29, 0.717) is 6.61 Å². The van der Waals surface area contributed by atoms with E-state index in [1.54, 1.807) is 0 Å². The quantitative estimate of drug-likeness (QED) is 0.761. The molecule has 0 spiro atoms. The van der Waals surface area contributed by atoms with Gasteiger partial charge in [0, 0.05) is 6.61 Å². The Morgan fingerprint density at radius 3 is 2.78 bits per heavy atom. The Morgan fingerprint density at radius 2 is 2.17 bits per heavy atom. The number of carboxylic acid groups (broad SMARTS) is 1. The Hall–Kier alpha value is -1.95. The number of hydrogen-bond donors (Lipinski definition) is 2. The minimum absolute atomic E-state index is 0.0961. The van der Waals surface area contributed by atoms with E-state index in [0.717, 1.165) is 24.6 Å². The smallest absolute Gasteiger partial charge is 0.335 e. The highest BCUT2D eigenvalue weighted by Gasteiger charge is 2.11. The van der Waals surface area contributed by atoms with Crippen LogP contribution in [0.25, 0.3) is 0 Å². The van der Waals surface area contributed by atoms with Crippen molar-refractivity contribution in [2.24, 2.45) is 0 Å². The summed E-state index contributed by atoms with van der Waals surface area (Å²) in [4.78, 5) is 22.1. The number of rotatable bonds is 6. The number of anilines is 1. The van der Waals surface area contributed by atoms with E-state index in [1.807, 2.05) is 6.92 Å². The number of halogens is 1. The molecule has 98 valence electrons. The van der Waals surface area contributed by atoms with Crippen LogP contribution in [0.1, 0.15) is 23.7 Å². The number of ether oxygens (including phenoxy) is 1. The number of hydrogen-bond acceptors (Lipinski definition) is 3. The van der Waals surface area contributed by atoms with Crippen molar-refractivity contribution in [3.63, 3.8) is 0 Å². The lowest BCUT2D eigenvalue weighted by molar-refractivity contribution is -0.120. The van der Waals surface area contributed by atoms with Crippen LogP contribution >= 0.6 is 0 Å². The number of amides is 1. The summed E-state index contributed by atoms with van der Waals surface area (Å²) in [5, 5.41) is 11.0. The van der Waals surface area contributed by atoms with Gasteiger partial charge in [-0.15, -0.1) is 0 Å². The largest absolute Gasteiger partial charge is 0.478 e. The van der Waals surface area contributed by atoms with Crippen molar-refractivity contribution < 1.29 is 23.8 Å². The number of benzene rings is 1. The Bertz CT molecular complexity index is 448. The SMILES string of the molecule is CCCOCC(=O)Nc1cc(C(=O)O)ccc1F. The van der Waals surface area contributed by atoms with Gasteiger partial charge in [0.15, 0.2) is 0 Å². The fraction of sp³-hybridized carbons (Fsp3) is 0.333. The van der Waals surface area contributed by atoms with Gasteiger partial charge in [-0.2, -0.15) is 0 Å². The maximum absolute atomic E-state index is 13.3. The lowest BCUT2D eigenvalue weighted by atomic mass is 10.2. The predicted octanol–water partition coefficient (Wildman–Crippen LogP) is 1.89. The summed E-state index contributed by atoms with van der Waals surface area (Å²) < 4.78 is 18.3. The molecule has 0 fully saturated rings. The van der Waals surface area contributed by atoms with Crippen LogP contribution in [0.15, 0.2) is 18.2 Å². The maximum atomic E-state index is 13.3. The molecule has 1 aromatic rings. The molecule has 0 bridgehead atoms. The van der Waals surface area contributed by atoms with Gasteiger partial charge in [0.05, 0.1) is 11.3 Å². The molecule has 0 saturated carbocycles. The van der Waals surface area contributed by atoms with Gasteiger partial charge in [-0.3, -0.25) is 4.79 Å². The number of carboxylic acids is 1. The first-order chi connectivity index (χ1) is 8.54. The summed E-state index contributed by atoms with van der Waals surface area (Å²) in [5.74, 6) is -2.40. The van der Waals surface area contributed by atoms with Crippen molar-refractivity contribution in [3.05, 3.63) is 29.6 Å². The van der Waals surface area contributed by atoms with Crippen LogP contribution in [-0.2, 0) is 9.53 Å². The fourth-order valence-electron chi connectivity index (χ4n) is 1.25.